The minimum absolute atomic E-state index is 0.149. The molecule has 100 valence electrons. The summed E-state index contributed by atoms with van der Waals surface area (Å²) in [5, 5.41) is 9.81. The van der Waals surface area contributed by atoms with E-state index in [1.807, 2.05) is 0 Å². The molecular formula is C13H26N2O2. The maximum atomic E-state index is 9.81. The zero-order valence-electron chi connectivity index (χ0n) is 11.1. The Morgan fingerprint density at radius 2 is 2.18 bits per heavy atom. The number of rotatable bonds is 4. The highest BCUT2D eigenvalue weighted by Gasteiger charge is 2.32. The van der Waals surface area contributed by atoms with Gasteiger partial charge in [-0.1, -0.05) is 0 Å². The van der Waals surface area contributed by atoms with Crippen molar-refractivity contribution in [3.05, 3.63) is 0 Å². The Hall–Kier alpha value is -0.160. The van der Waals surface area contributed by atoms with Crippen LogP contribution in [0, 0.1) is 0 Å². The molecule has 2 aliphatic rings. The fourth-order valence-electron chi connectivity index (χ4n) is 3.01. The Morgan fingerprint density at radius 3 is 2.82 bits per heavy atom. The molecule has 2 saturated heterocycles. The predicted molar refractivity (Wildman–Crippen MR) is 68.1 cm³/mol. The van der Waals surface area contributed by atoms with Crippen molar-refractivity contribution in [1.82, 2.24) is 9.80 Å². The number of aliphatic hydroxyl groups is 1. The Labute approximate surface area is 105 Å². The number of likely N-dealkylation sites (N-methyl/N-ethyl adjacent to an activating group) is 1. The third-order valence-electron chi connectivity index (χ3n) is 3.79. The number of nitrogens with zero attached hydrogens (tertiary/aromatic N) is 2. The number of ether oxygens (including phenoxy) is 1. The van der Waals surface area contributed by atoms with E-state index in [0.29, 0.717) is 12.1 Å². The van der Waals surface area contributed by atoms with Gasteiger partial charge >= 0.3 is 0 Å². The van der Waals surface area contributed by atoms with Gasteiger partial charge in [0, 0.05) is 32.3 Å². The first-order chi connectivity index (χ1) is 8.15. The molecule has 4 nitrogen and oxygen atoms in total. The van der Waals surface area contributed by atoms with Crippen LogP contribution in [0.25, 0.3) is 0 Å². The molecule has 4 heteroatoms. The van der Waals surface area contributed by atoms with Crippen LogP contribution in [0.3, 0.4) is 0 Å². The number of hydrogen-bond acceptors (Lipinski definition) is 4. The summed E-state index contributed by atoms with van der Waals surface area (Å²) in [6.07, 6.45) is 4.83. The summed E-state index contributed by atoms with van der Waals surface area (Å²) in [7, 11) is 4.19. The van der Waals surface area contributed by atoms with Gasteiger partial charge in [-0.3, -0.25) is 4.90 Å². The van der Waals surface area contributed by atoms with Crippen LogP contribution in [0.2, 0.25) is 0 Å². The number of β-amino-alcohol motifs (C(OH)–C–C–N with tert-alkyl or cyclic N) is 1. The van der Waals surface area contributed by atoms with E-state index in [4.69, 9.17) is 4.74 Å². The molecule has 2 rings (SSSR count). The second kappa shape index (κ2) is 6.14. The highest BCUT2D eigenvalue weighted by atomic mass is 16.5. The highest BCUT2D eigenvalue weighted by molar-refractivity contribution is 4.88. The van der Waals surface area contributed by atoms with E-state index in [-0.39, 0.29) is 6.10 Å². The molecule has 1 N–H and O–H groups in total. The van der Waals surface area contributed by atoms with Crippen molar-refractivity contribution in [3.8, 4) is 0 Å². The van der Waals surface area contributed by atoms with E-state index in [0.717, 1.165) is 32.7 Å². The molecule has 2 fully saturated rings. The molecule has 2 heterocycles. The van der Waals surface area contributed by atoms with E-state index in [1.165, 1.54) is 19.3 Å². The van der Waals surface area contributed by atoms with Crippen molar-refractivity contribution in [2.24, 2.45) is 0 Å². The molecule has 0 bridgehead atoms. The summed E-state index contributed by atoms with van der Waals surface area (Å²) in [6, 6.07) is 0.491. The first-order valence-electron chi connectivity index (χ1n) is 6.83. The van der Waals surface area contributed by atoms with E-state index in [1.54, 1.807) is 0 Å². The summed E-state index contributed by atoms with van der Waals surface area (Å²) in [5.74, 6) is 0. The van der Waals surface area contributed by atoms with Gasteiger partial charge in [0.25, 0.3) is 0 Å². The van der Waals surface area contributed by atoms with E-state index in [2.05, 4.69) is 23.9 Å². The van der Waals surface area contributed by atoms with Gasteiger partial charge in [0.15, 0.2) is 0 Å². The average Bonchev–Trinajstić information content (AvgIpc) is 2.59. The van der Waals surface area contributed by atoms with Crippen molar-refractivity contribution >= 4 is 0 Å². The fourth-order valence-corrected chi connectivity index (χ4v) is 3.01. The molecular weight excluding hydrogens is 216 g/mol. The lowest BCUT2D eigenvalue weighted by molar-refractivity contribution is -0.0105. The molecule has 2 aliphatic heterocycles. The third kappa shape index (κ3) is 3.91. The Morgan fingerprint density at radius 1 is 1.35 bits per heavy atom. The van der Waals surface area contributed by atoms with Gasteiger partial charge in [-0.2, -0.15) is 0 Å². The second-order valence-electron chi connectivity index (χ2n) is 5.75. The van der Waals surface area contributed by atoms with Gasteiger partial charge in [0.2, 0.25) is 0 Å². The smallest absolute Gasteiger partial charge is 0.0702 e. The molecule has 0 aliphatic carbocycles. The zero-order valence-corrected chi connectivity index (χ0v) is 11.1. The molecule has 3 atom stereocenters. The molecule has 0 aromatic heterocycles. The third-order valence-corrected chi connectivity index (χ3v) is 3.79. The average molecular weight is 242 g/mol. The van der Waals surface area contributed by atoms with Gasteiger partial charge in [0.1, 0.15) is 0 Å². The minimum atomic E-state index is -0.149. The Bertz CT molecular complexity index is 229. The first kappa shape index (κ1) is 13.3. The summed E-state index contributed by atoms with van der Waals surface area (Å²) in [4.78, 5) is 4.62. The lowest BCUT2D eigenvalue weighted by atomic mass is 10.1. The first-order valence-corrected chi connectivity index (χ1v) is 6.83. The topological polar surface area (TPSA) is 35.9 Å². The van der Waals surface area contributed by atoms with E-state index >= 15 is 0 Å². The van der Waals surface area contributed by atoms with Gasteiger partial charge in [-0.15, -0.1) is 0 Å². The predicted octanol–water partition coefficient (Wildman–Crippen LogP) is 0.552. The lowest BCUT2D eigenvalue weighted by Crippen LogP contribution is -2.43. The second-order valence-corrected chi connectivity index (χ2v) is 5.75. The molecule has 17 heavy (non-hydrogen) atoms. The number of aliphatic hydroxyl groups excluding tert-OH is 1. The quantitative estimate of drug-likeness (QED) is 0.781. The molecule has 0 spiro atoms. The molecule has 0 amide bonds. The largest absolute Gasteiger partial charge is 0.392 e. The van der Waals surface area contributed by atoms with Crippen molar-refractivity contribution in [2.75, 3.05) is 40.3 Å². The van der Waals surface area contributed by atoms with Crippen LogP contribution >= 0.6 is 0 Å². The van der Waals surface area contributed by atoms with Crippen LogP contribution in [0.1, 0.15) is 25.7 Å². The monoisotopic (exact) mass is 242 g/mol. The van der Waals surface area contributed by atoms with Gasteiger partial charge < -0.3 is 14.7 Å². The van der Waals surface area contributed by atoms with Crippen molar-refractivity contribution in [3.63, 3.8) is 0 Å². The van der Waals surface area contributed by atoms with Gasteiger partial charge in [0.05, 0.1) is 12.2 Å². The van der Waals surface area contributed by atoms with Crippen molar-refractivity contribution < 1.29 is 9.84 Å². The molecule has 0 aromatic rings. The van der Waals surface area contributed by atoms with Crippen LogP contribution in [0.4, 0.5) is 0 Å². The van der Waals surface area contributed by atoms with E-state index < -0.39 is 0 Å². The SMILES string of the molecule is CN(C)CC1CC(O)CN1CC1CCCCO1. The van der Waals surface area contributed by atoms with Gasteiger partial charge in [-0.05, 0) is 39.8 Å². The highest BCUT2D eigenvalue weighted by Crippen LogP contribution is 2.22. The van der Waals surface area contributed by atoms with Crippen molar-refractivity contribution in [1.29, 1.82) is 0 Å². The van der Waals surface area contributed by atoms with Crippen molar-refractivity contribution in [2.45, 2.75) is 43.9 Å². The standard InChI is InChI=1S/C13H26N2O2/c1-14(2)8-11-7-12(16)9-15(11)10-13-5-3-4-6-17-13/h11-13,16H,3-10H2,1-2H3. The van der Waals surface area contributed by atoms with Gasteiger partial charge in [-0.25, -0.2) is 0 Å². The van der Waals surface area contributed by atoms with Crippen LogP contribution in [-0.4, -0.2) is 73.5 Å². The normalized spacial score (nSPS) is 35.6. The maximum Gasteiger partial charge on any atom is 0.0702 e. The number of hydrogen-bond donors (Lipinski definition) is 1. The molecule has 0 aromatic carbocycles. The van der Waals surface area contributed by atoms with E-state index in [9.17, 15) is 5.11 Å². The maximum absolute atomic E-state index is 9.81. The summed E-state index contributed by atoms with van der Waals surface area (Å²) in [5.41, 5.74) is 0. The van der Waals surface area contributed by atoms with Crippen LogP contribution in [0.5, 0.6) is 0 Å². The summed E-state index contributed by atoms with van der Waals surface area (Å²) in [6.45, 7) is 3.76. The summed E-state index contributed by atoms with van der Waals surface area (Å²) >= 11 is 0. The Balaban J connectivity index is 1.84. The Kier molecular flexibility index (Phi) is 4.79. The summed E-state index contributed by atoms with van der Waals surface area (Å²) < 4.78 is 5.79. The molecule has 0 saturated carbocycles. The number of likely N-dealkylation sites (tertiary alicyclic amines) is 1. The molecule has 0 radical (unpaired) electrons. The molecule has 3 unspecified atom stereocenters. The minimum Gasteiger partial charge on any atom is -0.392 e. The fraction of sp³-hybridized carbons (Fsp3) is 1.00. The zero-order chi connectivity index (χ0) is 12.3. The van der Waals surface area contributed by atoms with Crippen LogP contribution in [0.15, 0.2) is 0 Å². The van der Waals surface area contributed by atoms with Crippen LogP contribution in [-0.2, 0) is 4.74 Å². The van der Waals surface area contributed by atoms with Crippen LogP contribution < -0.4 is 0 Å². The lowest BCUT2D eigenvalue weighted by Gasteiger charge is -2.31.